The predicted molar refractivity (Wildman–Crippen MR) is 134 cm³/mol. The van der Waals surface area contributed by atoms with Gasteiger partial charge in [-0.3, -0.25) is 14.9 Å². The summed E-state index contributed by atoms with van der Waals surface area (Å²) in [6.07, 6.45) is 1.33. The molecule has 0 atom stereocenters. The number of carbonyl (C=O) groups excluding carboxylic acids is 4. The van der Waals surface area contributed by atoms with E-state index in [9.17, 15) is 19.2 Å². The maximum Gasteiger partial charge on any atom is 0.338 e. The number of rotatable bonds is 7. The first-order valence-corrected chi connectivity index (χ1v) is 11.4. The van der Waals surface area contributed by atoms with E-state index in [0.717, 1.165) is 10.5 Å². The van der Waals surface area contributed by atoms with E-state index in [-0.39, 0.29) is 30.0 Å². The van der Waals surface area contributed by atoms with Crippen molar-refractivity contribution in [3.8, 4) is 5.75 Å². The molecule has 1 N–H and O–H groups in total. The summed E-state index contributed by atoms with van der Waals surface area (Å²) in [5.41, 5.74) is 1.48. The van der Waals surface area contributed by atoms with Crippen LogP contribution < -0.4 is 15.0 Å². The number of hydrogen-bond acceptors (Lipinski definition) is 6. The Morgan fingerprint density at radius 2 is 1.72 bits per heavy atom. The van der Waals surface area contributed by atoms with Crippen LogP contribution in [0, 0.1) is 0 Å². The molecule has 0 bridgehead atoms. The van der Waals surface area contributed by atoms with Crippen molar-refractivity contribution in [2.45, 2.75) is 13.5 Å². The Hall–Kier alpha value is -4.43. The Balaban J connectivity index is 1.63. The Labute approximate surface area is 212 Å². The molecule has 8 nitrogen and oxygen atoms in total. The molecular weight excluding hydrogens is 484 g/mol. The summed E-state index contributed by atoms with van der Waals surface area (Å²) < 4.78 is 10.9. The standard InChI is InChI=1S/C27H21ClN2O6/c1-2-35-26(33)18-8-11-21(12-9-18)30-25(32)22(24(31)29-27(30)34)15-19-14-20(28)10-13-23(19)36-16-17-6-4-3-5-7-17/h3-15H,2,16H2,1H3,(H,29,31,34)/b22-15+. The molecule has 9 heteroatoms. The van der Waals surface area contributed by atoms with E-state index in [1.807, 2.05) is 30.3 Å². The molecule has 4 rings (SSSR count). The van der Waals surface area contributed by atoms with Crippen molar-refractivity contribution < 1.29 is 28.7 Å². The summed E-state index contributed by atoms with van der Waals surface area (Å²) in [6, 6.07) is 19.1. The number of amides is 4. The van der Waals surface area contributed by atoms with Crippen LogP contribution >= 0.6 is 11.6 Å². The SMILES string of the molecule is CCOC(=O)c1ccc(N2C(=O)NC(=O)/C(=C\c3cc(Cl)ccc3OCc3ccccc3)C2=O)cc1. The van der Waals surface area contributed by atoms with Gasteiger partial charge in [0.25, 0.3) is 11.8 Å². The van der Waals surface area contributed by atoms with Crippen LogP contribution in [0.3, 0.4) is 0 Å². The molecule has 0 spiro atoms. The van der Waals surface area contributed by atoms with Crippen molar-refractivity contribution in [3.05, 3.63) is 100 Å². The molecule has 1 aliphatic rings. The maximum absolute atomic E-state index is 13.3. The monoisotopic (exact) mass is 504 g/mol. The van der Waals surface area contributed by atoms with Gasteiger partial charge in [0.2, 0.25) is 0 Å². The molecule has 0 saturated carbocycles. The molecular formula is C27H21ClN2O6. The lowest BCUT2D eigenvalue weighted by atomic mass is 10.1. The fourth-order valence-corrected chi connectivity index (χ4v) is 3.69. The molecule has 1 heterocycles. The Kier molecular flexibility index (Phi) is 7.46. The van der Waals surface area contributed by atoms with E-state index in [4.69, 9.17) is 21.1 Å². The van der Waals surface area contributed by atoms with Gasteiger partial charge in [-0.1, -0.05) is 41.9 Å². The van der Waals surface area contributed by atoms with Crippen LogP contribution in [0.1, 0.15) is 28.4 Å². The number of hydrogen-bond donors (Lipinski definition) is 1. The van der Waals surface area contributed by atoms with E-state index < -0.39 is 23.8 Å². The van der Waals surface area contributed by atoms with Gasteiger partial charge < -0.3 is 9.47 Å². The zero-order valence-corrected chi connectivity index (χ0v) is 20.0. The summed E-state index contributed by atoms with van der Waals surface area (Å²) in [6.45, 7) is 2.16. The van der Waals surface area contributed by atoms with Gasteiger partial charge in [-0.15, -0.1) is 0 Å². The van der Waals surface area contributed by atoms with Crippen molar-refractivity contribution in [2.24, 2.45) is 0 Å². The van der Waals surface area contributed by atoms with Gasteiger partial charge in [0.05, 0.1) is 17.9 Å². The second-order valence-electron chi connectivity index (χ2n) is 7.68. The quantitative estimate of drug-likeness (QED) is 0.283. The van der Waals surface area contributed by atoms with Gasteiger partial charge in [0.1, 0.15) is 17.9 Å². The molecule has 4 amide bonds. The molecule has 0 radical (unpaired) electrons. The lowest BCUT2D eigenvalue weighted by Crippen LogP contribution is -2.54. The normalized spacial score (nSPS) is 14.6. The van der Waals surface area contributed by atoms with E-state index in [2.05, 4.69) is 5.32 Å². The minimum absolute atomic E-state index is 0.176. The second-order valence-corrected chi connectivity index (χ2v) is 8.12. The molecule has 182 valence electrons. The molecule has 3 aromatic carbocycles. The minimum Gasteiger partial charge on any atom is -0.488 e. The zero-order valence-electron chi connectivity index (χ0n) is 19.2. The first-order chi connectivity index (χ1) is 17.4. The fourth-order valence-electron chi connectivity index (χ4n) is 3.51. The number of anilines is 1. The third-order valence-electron chi connectivity index (χ3n) is 5.25. The average molecular weight is 505 g/mol. The van der Waals surface area contributed by atoms with Crippen molar-refractivity contribution in [2.75, 3.05) is 11.5 Å². The van der Waals surface area contributed by atoms with Crippen LogP contribution in [-0.2, 0) is 20.9 Å². The van der Waals surface area contributed by atoms with Crippen LogP contribution in [0.2, 0.25) is 5.02 Å². The third kappa shape index (κ3) is 5.45. The smallest absolute Gasteiger partial charge is 0.338 e. The van der Waals surface area contributed by atoms with Crippen LogP contribution in [0.4, 0.5) is 10.5 Å². The van der Waals surface area contributed by atoms with Crippen molar-refractivity contribution in [3.63, 3.8) is 0 Å². The van der Waals surface area contributed by atoms with Crippen LogP contribution in [0.25, 0.3) is 6.08 Å². The number of barbiturate groups is 1. The Morgan fingerprint density at radius 3 is 2.42 bits per heavy atom. The summed E-state index contributed by atoms with van der Waals surface area (Å²) in [5, 5.41) is 2.55. The lowest BCUT2D eigenvalue weighted by molar-refractivity contribution is -0.122. The number of halogens is 1. The number of benzene rings is 3. The molecule has 1 fully saturated rings. The first kappa shape index (κ1) is 24.7. The highest BCUT2D eigenvalue weighted by Gasteiger charge is 2.37. The number of carbonyl (C=O) groups is 4. The largest absolute Gasteiger partial charge is 0.488 e. The van der Waals surface area contributed by atoms with Crippen LogP contribution in [-0.4, -0.2) is 30.4 Å². The molecule has 36 heavy (non-hydrogen) atoms. The number of imide groups is 2. The van der Waals surface area contributed by atoms with E-state index >= 15 is 0 Å². The highest BCUT2D eigenvalue weighted by molar-refractivity contribution is 6.39. The number of nitrogens with one attached hydrogen (secondary N) is 1. The third-order valence-corrected chi connectivity index (χ3v) is 5.48. The second kappa shape index (κ2) is 10.9. The Bertz CT molecular complexity index is 1350. The highest BCUT2D eigenvalue weighted by atomic mass is 35.5. The number of urea groups is 1. The molecule has 0 unspecified atom stereocenters. The van der Waals surface area contributed by atoms with Crippen molar-refractivity contribution in [1.82, 2.24) is 5.32 Å². The molecule has 1 aliphatic heterocycles. The van der Waals surface area contributed by atoms with Crippen molar-refractivity contribution >= 4 is 47.2 Å². The fraction of sp³-hybridized carbons (Fsp3) is 0.111. The first-order valence-electron chi connectivity index (χ1n) is 11.0. The van der Waals surface area contributed by atoms with Gasteiger partial charge in [0, 0.05) is 10.6 Å². The van der Waals surface area contributed by atoms with E-state index in [1.165, 1.54) is 30.3 Å². The number of nitrogens with zero attached hydrogens (tertiary/aromatic N) is 1. The van der Waals surface area contributed by atoms with Crippen LogP contribution in [0.5, 0.6) is 5.75 Å². The maximum atomic E-state index is 13.3. The zero-order chi connectivity index (χ0) is 25.7. The van der Waals surface area contributed by atoms with Crippen molar-refractivity contribution in [1.29, 1.82) is 0 Å². The number of ether oxygens (including phenoxy) is 2. The highest BCUT2D eigenvalue weighted by Crippen LogP contribution is 2.28. The van der Waals surface area contributed by atoms with Gasteiger partial charge in [-0.25, -0.2) is 14.5 Å². The van der Waals surface area contributed by atoms with Gasteiger partial charge in [-0.2, -0.15) is 0 Å². The summed E-state index contributed by atoms with van der Waals surface area (Å²) >= 11 is 6.16. The molecule has 0 aromatic heterocycles. The van der Waals surface area contributed by atoms with E-state index in [1.54, 1.807) is 25.1 Å². The summed E-state index contributed by atoms with van der Waals surface area (Å²) in [7, 11) is 0. The minimum atomic E-state index is -0.905. The lowest BCUT2D eigenvalue weighted by Gasteiger charge is -2.26. The summed E-state index contributed by atoms with van der Waals surface area (Å²) in [4.78, 5) is 51.1. The van der Waals surface area contributed by atoms with Gasteiger partial charge in [0.15, 0.2) is 0 Å². The predicted octanol–water partition coefficient (Wildman–Crippen LogP) is 4.76. The Morgan fingerprint density at radius 1 is 1.00 bits per heavy atom. The van der Waals surface area contributed by atoms with E-state index in [0.29, 0.717) is 16.3 Å². The molecule has 3 aromatic rings. The van der Waals surface area contributed by atoms with Crippen LogP contribution in [0.15, 0.2) is 78.4 Å². The topological polar surface area (TPSA) is 102 Å². The molecule has 1 saturated heterocycles. The summed E-state index contributed by atoms with van der Waals surface area (Å²) in [5.74, 6) is -1.81. The number of esters is 1. The molecule has 0 aliphatic carbocycles. The average Bonchev–Trinajstić information content (AvgIpc) is 2.87. The van der Waals surface area contributed by atoms with Gasteiger partial charge >= 0.3 is 12.0 Å². The van der Waals surface area contributed by atoms with Gasteiger partial charge in [-0.05, 0) is 61.0 Å².